The molecule has 1 N–H and O–H groups in total. The van der Waals surface area contributed by atoms with Crippen molar-refractivity contribution < 1.29 is 4.79 Å². The topological polar surface area (TPSA) is 52.2 Å². The Morgan fingerprint density at radius 1 is 1.38 bits per heavy atom. The van der Waals surface area contributed by atoms with Crippen LogP contribution in [0.4, 0.5) is 0 Å². The Balaban J connectivity index is 1.92. The van der Waals surface area contributed by atoms with Crippen LogP contribution >= 0.6 is 0 Å². The fourth-order valence-corrected chi connectivity index (χ4v) is 1.97. The van der Waals surface area contributed by atoms with Gasteiger partial charge in [0.05, 0.1) is 0 Å². The highest BCUT2D eigenvalue weighted by atomic mass is 16.2. The first-order chi connectivity index (χ1) is 7.68. The molecule has 2 rings (SSSR count). The van der Waals surface area contributed by atoms with E-state index in [4.69, 9.17) is 0 Å². The van der Waals surface area contributed by atoms with Crippen molar-refractivity contribution in [1.82, 2.24) is 19.8 Å². The van der Waals surface area contributed by atoms with Gasteiger partial charge in [0, 0.05) is 44.6 Å². The average molecular weight is 222 g/mol. The van der Waals surface area contributed by atoms with Crippen molar-refractivity contribution in [3.8, 4) is 0 Å². The number of piperazine rings is 1. The molecule has 0 aliphatic carbocycles. The van der Waals surface area contributed by atoms with E-state index in [0.29, 0.717) is 11.9 Å². The predicted molar refractivity (Wildman–Crippen MR) is 61.2 cm³/mol. The van der Waals surface area contributed by atoms with Gasteiger partial charge in [0.1, 0.15) is 0 Å². The number of imidazole rings is 1. The second-order valence-corrected chi connectivity index (χ2v) is 4.36. The van der Waals surface area contributed by atoms with E-state index in [1.54, 1.807) is 12.4 Å². The summed E-state index contributed by atoms with van der Waals surface area (Å²) in [5.41, 5.74) is 0. The Labute approximate surface area is 95.5 Å². The molecule has 1 aromatic heterocycles. The van der Waals surface area contributed by atoms with Crippen LogP contribution in [0.2, 0.25) is 0 Å². The third-order valence-corrected chi connectivity index (χ3v) is 3.03. The Kier molecular flexibility index (Phi) is 3.24. The molecule has 0 radical (unpaired) electrons. The van der Waals surface area contributed by atoms with Gasteiger partial charge in [0.25, 0.3) is 5.91 Å². The zero-order valence-corrected chi connectivity index (χ0v) is 9.81. The van der Waals surface area contributed by atoms with Crippen molar-refractivity contribution >= 4 is 5.91 Å². The number of aromatic nitrogens is 2. The second kappa shape index (κ2) is 4.65. The molecule has 5 nitrogen and oxygen atoms in total. The standard InChI is InChI=1S/C11H18N4O/c1-9(2)14-5-7-15(8-6-14)11(16)10-12-3-4-13-10/h3-4,9H,5-8H2,1-2H3,(H,12,13). The number of amides is 1. The zero-order chi connectivity index (χ0) is 11.5. The van der Waals surface area contributed by atoms with Crippen LogP contribution in [-0.4, -0.2) is 57.9 Å². The molecule has 0 spiro atoms. The number of nitrogens with one attached hydrogen (secondary N) is 1. The third kappa shape index (κ3) is 2.24. The minimum Gasteiger partial charge on any atom is -0.341 e. The fraction of sp³-hybridized carbons (Fsp3) is 0.636. The largest absolute Gasteiger partial charge is 0.341 e. The SMILES string of the molecule is CC(C)N1CCN(C(=O)c2ncc[nH]2)CC1. The molecule has 0 bridgehead atoms. The highest BCUT2D eigenvalue weighted by Gasteiger charge is 2.24. The van der Waals surface area contributed by atoms with Crippen molar-refractivity contribution in [2.24, 2.45) is 0 Å². The van der Waals surface area contributed by atoms with Crippen molar-refractivity contribution in [3.05, 3.63) is 18.2 Å². The Bertz CT molecular complexity index is 339. The number of aromatic amines is 1. The van der Waals surface area contributed by atoms with Gasteiger partial charge in [-0.05, 0) is 13.8 Å². The van der Waals surface area contributed by atoms with E-state index in [1.165, 1.54) is 0 Å². The molecule has 1 fully saturated rings. The third-order valence-electron chi connectivity index (χ3n) is 3.03. The molecule has 2 heterocycles. The monoisotopic (exact) mass is 222 g/mol. The van der Waals surface area contributed by atoms with E-state index < -0.39 is 0 Å². The summed E-state index contributed by atoms with van der Waals surface area (Å²) in [5.74, 6) is 0.450. The van der Waals surface area contributed by atoms with Gasteiger partial charge in [0.15, 0.2) is 5.82 Å². The van der Waals surface area contributed by atoms with Crippen LogP contribution in [0.5, 0.6) is 0 Å². The maximum Gasteiger partial charge on any atom is 0.289 e. The lowest BCUT2D eigenvalue weighted by atomic mass is 10.2. The van der Waals surface area contributed by atoms with E-state index in [-0.39, 0.29) is 5.91 Å². The fourth-order valence-electron chi connectivity index (χ4n) is 1.97. The summed E-state index contributed by atoms with van der Waals surface area (Å²) in [4.78, 5) is 23.0. The van der Waals surface area contributed by atoms with Crippen molar-refractivity contribution in [2.45, 2.75) is 19.9 Å². The van der Waals surface area contributed by atoms with Crippen LogP contribution < -0.4 is 0 Å². The number of carbonyl (C=O) groups is 1. The van der Waals surface area contributed by atoms with Gasteiger partial charge in [-0.3, -0.25) is 9.69 Å². The average Bonchev–Trinajstić information content (AvgIpc) is 2.81. The summed E-state index contributed by atoms with van der Waals surface area (Å²) in [7, 11) is 0. The molecule has 1 saturated heterocycles. The summed E-state index contributed by atoms with van der Waals surface area (Å²) in [6.45, 7) is 7.84. The summed E-state index contributed by atoms with van der Waals surface area (Å²) < 4.78 is 0. The van der Waals surface area contributed by atoms with Gasteiger partial charge in [-0.2, -0.15) is 0 Å². The van der Waals surface area contributed by atoms with Gasteiger partial charge in [0.2, 0.25) is 0 Å². The second-order valence-electron chi connectivity index (χ2n) is 4.36. The van der Waals surface area contributed by atoms with Gasteiger partial charge in [-0.25, -0.2) is 4.98 Å². The maximum absolute atomic E-state index is 12.0. The number of nitrogens with zero attached hydrogens (tertiary/aromatic N) is 3. The molecular weight excluding hydrogens is 204 g/mol. The lowest BCUT2D eigenvalue weighted by Crippen LogP contribution is -2.50. The van der Waals surface area contributed by atoms with E-state index in [0.717, 1.165) is 26.2 Å². The molecule has 1 aliphatic rings. The first-order valence-electron chi connectivity index (χ1n) is 5.71. The molecule has 5 heteroatoms. The molecule has 1 aromatic rings. The molecular formula is C11H18N4O. The van der Waals surface area contributed by atoms with E-state index >= 15 is 0 Å². The van der Waals surface area contributed by atoms with Crippen LogP contribution in [0.25, 0.3) is 0 Å². The molecule has 88 valence electrons. The zero-order valence-electron chi connectivity index (χ0n) is 9.81. The quantitative estimate of drug-likeness (QED) is 0.796. The number of rotatable bonds is 2. The first-order valence-corrected chi connectivity index (χ1v) is 5.71. The maximum atomic E-state index is 12.0. The lowest BCUT2D eigenvalue weighted by Gasteiger charge is -2.36. The van der Waals surface area contributed by atoms with E-state index in [1.807, 2.05) is 4.90 Å². The molecule has 0 atom stereocenters. The number of carbonyl (C=O) groups excluding carboxylic acids is 1. The molecule has 1 amide bonds. The summed E-state index contributed by atoms with van der Waals surface area (Å²) >= 11 is 0. The summed E-state index contributed by atoms with van der Waals surface area (Å²) in [5, 5.41) is 0. The van der Waals surface area contributed by atoms with E-state index in [2.05, 4.69) is 28.7 Å². The Morgan fingerprint density at radius 3 is 2.56 bits per heavy atom. The van der Waals surface area contributed by atoms with Crippen molar-refractivity contribution in [3.63, 3.8) is 0 Å². The van der Waals surface area contributed by atoms with Gasteiger partial charge >= 0.3 is 0 Å². The van der Waals surface area contributed by atoms with Crippen LogP contribution in [0, 0.1) is 0 Å². The van der Waals surface area contributed by atoms with Gasteiger partial charge < -0.3 is 9.88 Å². The normalized spacial score (nSPS) is 18.1. The van der Waals surface area contributed by atoms with Crippen molar-refractivity contribution in [1.29, 1.82) is 0 Å². The highest BCUT2D eigenvalue weighted by Crippen LogP contribution is 2.08. The van der Waals surface area contributed by atoms with Crippen LogP contribution in [-0.2, 0) is 0 Å². The summed E-state index contributed by atoms with van der Waals surface area (Å²) in [6.07, 6.45) is 3.29. The number of H-pyrrole nitrogens is 1. The van der Waals surface area contributed by atoms with Crippen molar-refractivity contribution in [2.75, 3.05) is 26.2 Å². The molecule has 0 saturated carbocycles. The lowest BCUT2D eigenvalue weighted by molar-refractivity contribution is 0.0585. The Hall–Kier alpha value is -1.36. The predicted octanol–water partition coefficient (Wildman–Crippen LogP) is 0.576. The highest BCUT2D eigenvalue weighted by molar-refractivity contribution is 5.90. The minimum atomic E-state index is 0.00778. The van der Waals surface area contributed by atoms with Crippen LogP contribution in [0.3, 0.4) is 0 Å². The summed E-state index contributed by atoms with van der Waals surface area (Å²) in [6, 6.07) is 0.556. The molecule has 16 heavy (non-hydrogen) atoms. The van der Waals surface area contributed by atoms with E-state index in [9.17, 15) is 4.79 Å². The van der Waals surface area contributed by atoms with Gasteiger partial charge in [-0.1, -0.05) is 0 Å². The van der Waals surface area contributed by atoms with Gasteiger partial charge in [-0.15, -0.1) is 0 Å². The Morgan fingerprint density at radius 2 is 2.06 bits per heavy atom. The number of hydrogen-bond acceptors (Lipinski definition) is 3. The first kappa shape index (κ1) is 11.1. The minimum absolute atomic E-state index is 0.00778. The molecule has 0 aromatic carbocycles. The van der Waals surface area contributed by atoms with Crippen LogP contribution in [0.1, 0.15) is 24.5 Å². The smallest absolute Gasteiger partial charge is 0.289 e. The van der Waals surface area contributed by atoms with Crippen LogP contribution in [0.15, 0.2) is 12.4 Å². The number of hydrogen-bond donors (Lipinski definition) is 1. The molecule has 1 aliphatic heterocycles. The molecule has 0 unspecified atom stereocenters.